The van der Waals surface area contributed by atoms with Crippen molar-refractivity contribution >= 4 is 21.6 Å². The SMILES string of the molecule is CC1CN2CCCC2CN1c1ccc(F)cc1CBr. The van der Waals surface area contributed by atoms with E-state index in [4.69, 9.17) is 0 Å². The highest BCUT2D eigenvalue weighted by Gasteiger charge is 2.34. The van der Waals surface area contributed by atoms with Crippen LogP contribution in [0.2, 0.25) is 0 Å². The minimum atomic E-state index is -0.148. The number of alkyl halides is 1. The van der Waals surface area contributed by atoms with Crippen molar-refractivity contribution in [3.63, 3.8) is 0 Å². The number of fused-ring (bicyclic) bond motifs is 1. The summed E-state index contributed by atoms with van der Waals surface area (Å²) in [7, 11) is 0. The van der Waals surface area contributed by atoms with Crippen LogP contribution in [-0.2, 0) is 5.33 Å². The third-order valence-electron chi connectivity index (χ3n) is 4.43. The van der Waals surface area contributed by atoms with Crippen LogP contribution in [0.25, 0.3) is 0 Å². The Balaban J connectivity index is 1.88. The maximum absolute atomic E-state index is 13.4. The summed E-state index contributed by atoms with van der Waals surface area (Å²) in [6.07, 6.45) is 2.62. The molecule has 2 unspecified atom stereocenters. The first-order valence-corrected chi connectivity index (χ1v) is 8.16. The van der Waals surface area contributed by atoms with Gasteiger partial charge in [0, 0.05) is 36.2 Å². The molecule has 2 aliphatic heterocycles. The average Bonchev–Trinajstić information content (AvgIpc) is 2.85. The van der Waals surface area contributed by atoms with Crippen LogP contribution in [-0.4, -0.2) is 36.6 Å². The summed E-state index contributed by atoms with van der Waals surface area (Å²) in [4.78, 5) is 5.07. The van der Waals surface area contributed by atoms with Gasteiger partial charge in [0.05, 0.1) is 0 Å². The molecule has 2 nitrogen and oxygen atoms in total. The van der Waals surface area contributed by atoms with Crippen LogP contribution in [0.15, 0.2) is 18.2 Å². The summed E-state index contributed by atoms with van der Waals surface area (Å²) in [6.45, 7) is 5.73. The predicted octanol–water partition coefficient (Wildman–Crippen LogP) is 3.39. The molecule has 0 aromatic heterocycles. The first-order valence-electron chi connectivity index (χ1n) is 7.04. The van der Waals surface area contributed by atoms with Crippen LogP contribution in [0.3, 0.4) is 0 Å². The molecule has 4 heteroatoms. The molecular weight excluding hydrogens is 307 g/mol. The van der Waals surface area contributed by atoms with Crippen molar-refractivity contribution in [2.45, 2.75) is 37.2 Å². The first-order chi connectivity index (χ1) is 9.19. The van der Waals surface area contributed by atoms with Crippen molar-refractivity contribution in [1.82, 2.24) is 4.90 Å². The maximum atomic E-state index is 13.4. The molecule has 0 spiro atoms. The van der Waals surface area contributed by atoms with Gasteiger partial charge in [-0.15, -0.1) is 0 Å². The van der Waals surface area contributed by atoms with Crippen LogP contribution in [0.4, 0.5) is 10.1 Å². The Morgan fingerprint density at radius 2 is 2.21 bits per heavy atom. The minimum Gasteiger partial charge on any atom is -0.366 e. The van der Waals surface area contributed by atoms with Gasteiger partial charge in [0.15, 0.2) is 0 Å². The molecule has 1 aromatic carbocycles. The quantitative estimate of drug-likeness (QED) is 0.768. The number of halogens is 2. The molecule has 19 heavy (non-hydrogen) atoms. The third-order valence-corrected chi connectivity index (χ3v) is 5.04. The van der Waals surface area contributed by atoms with Crippen LogP contribution in [0.5, 0.6) is 0 Å². The lowest BCUT2D eigenvalue weighted by Crippen LogP contribution is -2.55. The number of hydrogen-bond donors (Lipinski definition) is 0. The lowest BCUT2D eigenvalue weighted by Gasteiger charge is -2.44. The average molecular weight is 327 g/mol. The fourth-order valence-corrected chi connectivity index (χ4v) is 3.91. The largest absolute Gasteiger partial charge is 0.366 e. The van der Waals surface area contributed by atoms with Gasteiger partial charge in [0.1, 0.15) is 5.82 Å². The smallest absolute Gasteiger partial charge is 0.123 e. The first kappa shape index (κ1) is 13.4. The molecule has 1 aromatic rings. The van der Waals surface area contributed by atoms with Crippen molar-refractivity contribution < 1.29 is 4.39 Å². The van der Waals surface area contributed by atoms with Gasteiger partial charge in [-0.1, -0.05) is 15.9 Å². The van der Waals surface area contributed by atoms with Crippen molar-refractivity contribution in [2.75, 3.05) is 24.5 Å². The van der Waals surface area contributed by atoms with Crippen LogP contribution < -0.4 is 4.90 Å². The van der Waals surface area contributed by atoms with Crippen LogP contribution >= 0.6 is 15.9 Å². The second-order valence-corrected chi connectivity index (χ2v) is 6.26. The number of hydrogen-bond acceptors (Lipinski definition) is 2. The number of benzene rings is 1. The van der Waals surface area contributed by atoms with Crippen LogP contribution in [0, 0.1) is 5.82 Å². The number of rotatable bonds is 2. The van der Waals surface area contributed by atoms with E-state index in [0.29, 0.717) is 17.4 Å². The molecule has 2 atom stereocenters. The molecule has 3 rings (SSSR count). The zero-order chi connectivity index (χ0) is 13.4. The fourth-order valence-electron chi connectivity index (χ4n) is 3.46. The predicted molar refractivity (Wildman–Crippen MR) is 80.4 cm³/mol. The van der Waals surface area contributed by atoms with E-state index in [9.17, 15) is 4.39 Å². The number of anilines is 1. The van der Waals surface area contributed by atoms with E-state index in [1.165, 1.54) is 25.1 Å². The summed E-state index contributed by atoms with van der Waals surface area (Å²) < 4.78 is 13.4. The summed E-state index contributed by atoms with van der Waals surface area (Å²) in [6, 6.07) is 6.35. The van der Waals surface area contributed by atoms with E-state index in [1.54, 1.807) is 12.1 Å². The van der Waals surface area contributed by atoms with Gasteiger partial charge in [-0.25, -0.2) is 4.39 Å². The standard InChI is InChI=1S/C15H20BrFN2/c1-11-9-18-6-2-3-14(18)10-19(11)15-5-4-13(17)7-12(15)8-16/h4-5,7,11,14H,2-3,6,8-10H2,1H3. The van der Waals surface area contributed by atoms with E-state index in [2.05, 4.69) is 32.7 Å². The summed E-state index contributed by atoms with van der Waals surface area (Å²) >= 11 is 3.48. The normalized spacial score (nSPS) is 27.6. The molecule has 2 saturated heterocycles. The molecule has 2 aliphatic rings. The Bertz CT molecular complexity index is 465. The molecule has 0 radical (unpaired) electrons. The highest BCUT2D eigenvalue weighted by molar-refractivity contribution is 9.08. The Kier molecular flexibility index (Phi) is 3.81. The number of nitrogens with zero attached hydrogens (tertiary/aromatic N) is 2. The van der Waals surface area contributed by atoms with E-state index in [-0.39, 0.29) is 5.82 Å². The summed E-state index contributed by atoms with van der Waals surface area (Å²) in [5, 5.41) is 0.706. The number of piperazine rings is 1. The summed E-state index contributed by atoms with van der Waals surface area (Å²) in [5.41, 5.74) is 2.25. The molecule has 0 aliphatic carbocycles. The van der Waals surface area contributed by atoms with Gasteiger partial charge >= 0.3 is 0 Å². The van der Waals surface area contributed by atoms with E-state index >= 15 is 0 Å². The Labute approximate surface area is 122 Å². The Morgan fingerprint density at radius 3 is 3.00 bits per heavy atom. The zero-order valence-corrected chi connectivity index (χ0v) is 12.9. The van der Waals surface area contributed by atoms with Crippen molar-refractivity contribution in [2.24, 2.45) is 0 Å². The van der Waals surface area contributed by atoms with Gasteiger partial charge < -0.3 is 4.90 Å². The monoisotopic (exact) mass is 326 g/mol. The maximum Gasteiger partial charge on any atom is 0.123 e. The topological polar surface area (TPSA) is 6.48 Å². The molecule has 0 saturated carbocycles. The van der Waals surface area contributed by atoms with E-state index in [0.717, 1.165) is 18.7 Å². The fraction of sp³-hybridized carbons (Fsp3) is 0.600. The second-order valence-electron chi connectivity index (χ2n) is 5.70. The molecule has 0 bridgehead atoms. The zero-order valence-electron chi connectivity index (χ0n) is 11.3. The van der Waals surface area contributed by atoms with E-state index < -0.39 is 0 Å². The molecule has 0 amide bonds. The Morgan fingerprint density at radius 1 is 1.37 bits per heavy atom. The summed E-state index contributed by atoms with van der Waals surface area (Å²) in [5.74, 6) is -0.148. The van der Waals surface area contributed by atoms with Crippen LogP contribution in [0.1, 0.15) is 25.3 Å². The molecule has 2 fully saturated rings. The van der Waals surface area contributed by atoms with Gasteiger partial charge in [0.2, 0.25) is 0 Å². The van der Waals surface area contributed by atoms with Crippen molar-refractivity contribution in [3.8, 4) is 0 Å². The molecule has 2 heterocycles. The lowest BCUT2D eigenvalue weighted by molar-refractivity contribution is 0.203. The highest BCUT2D eigenvalue weighted by atomic mass is 79.9. The third kappa shape index (κ3) is 2.52. The van der Waals surface area contributed by atoms with Gasteiger partial charge in [-0.05, 0) is 50.1 Å². The highest BCUT2D eigenvalue weighted by Crippen LogP contribution is 2.31. The van der Waals surface area contributed by atoms with Crippen molar-refractivity contribution in [1.29, 1.82) is 0 Å². The minimum absolute atomic E-state index is 0.148. The molecule has 0 N–H and O–H groups in total. The van der Waals surface area contributed by atoms with Gasteiger partial charge in [-0.2, -0.15) is 0 Å². The van der Waals surface area contributed by atoms with Gasteiger partial charge in [0.25, 0.3) is 0 Å². The second kappa shape index (κ2) is 5.41. The van der Waals surface area contributed by atoms with Crippen molar-refractivity contribution in [3.05, 3.63) is 29.6 Å². The Hall–Kier alpha value is -0.610. The molecular formula is C15H20BrFN2. The van der Waals surface area contributed by atoms with Gasteiger partial charge in [-0.3, -0.25) is 4.90 Å². The lowest BCUT2D eigenvalue weighted by atomic mass is 10.0. The molecule has 104 valence electrons. The van der Waals surface area contributed by atoms with E-state index in [1.807, 2.05) is 6.07 Å².